The topological polar surface area (TPSA) is 63.2 Å². The standard InChI is InChI=1S/C17H29N3O2S/c1-10(15-11(2)23-12(3)19-15)18-9-14(13-7-8-13)20-16(21)22-17(4,5)6/h10,13-14,18H,7-9H2,1-6H3,(H,20,21). The van der Waals surface area contributed by atoms with Gasteiger partial charge in [0.25, 0.3) is 0 Å². The molecule has 1 aromatic rings. The first-order valence-corrected chi connectivity index (χ1v) is 9.14. The van der Waals surface area contributed by atoms with E-state index in [-0.39, 0.29) is 18.2 Å². The second kappa shape index (κ2) is 7.18. The summed E-state index contributed by atoms with van der Waals surface area (Å²) in [6.45, 7) is 12.6. The second-order valence-corrected chi connectivity index (χ2v) is 8.80. The number of thiazole rings is 1. The van der Waals surface area contributed by atoms with Crippen molar-refractivity contribution in [3.8, 4) is 0 Å². The number of amides is 1. The lowest BCUT2D eigenvalue weighted by atomic mass is 10.1. The highest BCUT2D eigenvalue weighted by atomic mass is 32.1. The summed E-state index contributed by atoms with van der Waals surface area (Å²) in [5, 5.41) is 7.63. The SMILES string of the molecule is Cc1nc(C(C)NCC(NC(=O)OC(C)(C)C)C2CC2)c(C)s1. The molecule has 1 heterocycles. The zero-order chi connectivity index (χ0) is 17.2. The van der Waals surface area contributed by atoms with Gasteiger partial charge in [-0.15, -0.1) is 11.3 Å². The molecule has 130 valence electrons. The van der Waals surface area contributed by atoms with Crippen molar-refractivity contribution < 1.29 is 9.53 Å². The third-order valence-electron chi connectivity index (χ3n) is 3.89. The van der Waals surface area contributed by atoms with E-state index in [4.69, 9.17) is 4.74 Å². The normalized spacial score (nSPS) is 17.7. The summed E-state index contributed by atoms with van der Waals surface area (Å²) in [5.41, 5.74) is 0.646. The van der Waals surface area contributed by atoms with E-state index in [2.05, 4.69) is 29.5 Å². The molecule has 1 saturated carbocycles. The van der Waals surface area contributed by atoms with E-state index < -0.39 is 5.60 Å². The summed E-state index contributed by atoms with van der Waals surface area (Å²) in [5.74, 6) is 0.556. The number of carbonyl (C=O) groups is 1. The van der Waals surface area contributed by atoms with Gasteiger partial charge in [0.15, 0.2) is 0 Å². The lowest BCUT2D eigenvalue weighted by Gasteiger charge is -2.25. The average molecular weight is 340 g/mol. The Labute approximate surface area is 143 Å². The number of aromatic nitrogens is 1. The van der Waals surface area contributed by atoms with Crippen LogP contribution in [0.5, 0.6) is 0 Å². The van der Waals surface area contributed by atoms with Crippen LogP contribution in [0.15, 0.2) is 0 Å². The molecule has 0 spiro atoms. The van der Waals surface area contributed by atoms with E-state index in [0.29, 0.717) is 5.92 Å². The predicted octanol–water partition coefficient (Wildman–Crippen LogP) is 3.71. The molecule has 2 rings (SSSR count). The van der Waals surface area contributed by atoms with Crippen molar-refractivity contribution >= 4 is 17.4 Å². The Kier molecular flexibility index (Phi) is 5.68. The molecule has 0 aromatic carbocycles. The van der Waals surface area contributed by atoms with Crippen molar-refractivity contribution in [3.63, 3.8) is 0 Å². The van der Waals surface area contributed by atoms with Crippen molar-refractivity contribution in [1.82, 2.24) is 15.6 Å². The van der Waals surface area contributed by atoms with Gasteiger partial charge in [0.05, 0.1) is 10.7 Å². The molecule has 0 saturated heterocycles. The number of hydrogen-bond acceptors (Lipinski definition) is 5. The summed E-state index contributed by atoms with van der Waals surface area (Å²) >= 11 is 1.73. The maximum absolute atomic E-state index is 12.0. The van der Waals surface area contributed by atoms with Gasteiger partial charge in [0, 0.05) is 23.5 Å². The van der Waals surface area contributed by atoms with Crippen LogP contribution in [0.1, 0.15) is 62.2 Å². The predicted molar refractivity (Wildman–Crippen MR) is 93.9 cm³/mol. The van der Waals surface area contributed by atoms with Crippen LogP contribution in [-0.2, 0) is 4.74 Å². The lowest BCUT2D eigenvalue weighted by molar-refractivity contribution is 0.0497. The Balaban J connectivity index is 1.87. The molecule has 5 nitrogen and oxygen atoms in total. The molecule has 0 bridgehead atoms. The fourth-order valence-electron chi connectivity index (χ4n) is 2.64. The first kappa shape index (κ1) is 18.2. The minimum atomic E-state index is -0.464. The number of nitrogens with one attached hydrogen (secondary N) is 2. The molecule has 2 N–H and O–H groups in total. The van der Waals surface area contributed by atoms with Crippen molar-refractivity contribution in [2.75, 3.05) is 6.54 Å². The zero-order valence-corrected chi connectivity index (χ0v) is 15.8. The Morgan fingerprint density at radius 3 is 2.52 bits per heavy atom. The molecule has 1 aliphatic rings. The molecule has 6 heteroatoms. The van der Waals surface area contributed by atoms with Gasteiger partial charge >= 0.3 is 6.09 Å². The van der Waals surface area contributed by atoms with Gasteiger partial charge in [-0.1, -0.05) is 0 Å². The molecule has 2 atom stereocenters. The quantitative estimate of drug-likeness (QED) is 0.829. The fraction of sp³-hybridized carbons (Fsp3) is 0.765. The van der Waals surface area contributed by atoms with Crippen LogP contribution in [0, 0.1) is 19.8 Å². The molecule has 1 amide bonds. The van der Waals surface area contributed by atoms with Crippen molar-refractivity contribution in [3.05, 3.63) is 15.6 Å². The summed E-state index contributed by atoms with van der Waals surface area (Å²) in [6.07, 6.45) is 2.01. The van der Waals surface area contributed by atoms with Crippen molar-refractivity contribution in [1.29, 1.82) is 0 Å². The lowest BCUT2D eigenvalue weighted by Crippen LogP contribution is -2.46. The molecular formula is C17H29N3O2S. The molecule has 0 aliphatic heterocycles. The summed E-state index contributed by atoms with van der Waals surface area (Å²) in [7, 11) is 0. The van der Waals surface area contributed by atoms with Gasteiger partial charge in [-0.3, -0.25) is 0 Å². The molecule has 1 aliphatic carbocycles. The van der Waals surface area contributed by atoms with Gasteiger partial charge in [-0.2, -0.15) is 0 Å². The molecule has 23 heavy (non-hydrogen) atoms. The molecular weight excluding hydrogens is 310 g/mol. The van der Waals surface area contributed by atoms with Crippen molar-refractivity contribution in [2.24, 2.45) is 5.92 Å². The highest BCUT2D eigenvalue weighted by Crippen LogP contribution is 2.33. The number of hydrogen-bond donors (Lipinski definition) is 2. The number of rotatable bonds is 6. The van der Waals surface area contributed by atoms with Gasteiger partial charge in [0.2, 0.25) is 0 Å². The van der Waals surface area contributed by atoms with Crippen LogP contribution in [0.4, 0.5) is 4.79 Å². The van der Waals surface area contributed by atoms with E-state index in [0.717, 1.165) is 17.2 Å². The number of aryl methyl sites for hydroxylation is 2. The summed E-state index contributed by atoms with van der Waals surface area (Å²) < 4.78 is 5.37. The van der Waals surface area contributed by atoms with Crippen LogP contribution in [0.2, 0.25) is 0 Å². The van der Waals surface area contributed by atoms with Gasteiger partial charge in [-0.25, -0.2) is 9.78 Å². The Morgan fingerprint density at radius 2 is 2.04 bits per heavy atom. The van der Waals surface area contributed by atoms with E-state index >= 15 is 0 Å². The van der Waals surface area contributed by atoms with E-state index in [9.17, 15) is 4.79 Å². The molecule has 1 aromatic heterocycles. The van der Waals surface area contributed by atoms with Crippen LogP contribution in [0.25, 0.3) is 0 Å². The average Bonchev–Trinajstić information content (AvgIpc) is 3.17. The third kappa shape index (κ3) is 5.77. The minimum Gasteiger partial charge on any atom is -0.444 e. The summed E-state index contributed by atoms with van der Waals surface area (Å²) in [6, 6.07) is 0.300. The minimum absolute atomic E-state index is 0.118. The molecule has 1 fully saturated rings. The summed E-state index contributed by atoms with van der Waals surface area (Å²) in [4.78, 5) is 17.9. The second-order valence-electron chi connectivity index (χ2n) is 7.39. The maximum Gasteiger partial charge on any atom is 0.407 e. The van der Waals surface area contributed by atoms with Gasteiger partial charge in [-0.05, 0) is 60.3 Å². The van der Waals surface area contributed by atoms with Crippen LogP contribution in [-0.4, -0.2) is 29.3 Å². The smallest absolute Gasteiger partial charge is 0.407 e. The largest absolute Gasteiger partial charge is 0.444 e. The van der Waals surface area contributed by atoms with Gasteiger partial charge in [0.1, 0.15) is 5.60 Å². The van der Waals surface area contributed by atoms with E-state index in [1.807, 2.05) is 27.7 Å². The van der Waals surface area contributed by atoms with Gasteiger partial charge < -0.3 is 15.4 Å². The zero-order valence-electron chi connectivity index (χ0n) is 15.0. The fourth-order valence-corrected chi connectivity index (χ4v) is 3.55. The Morgan fingerprint density at radius 1 is 1.39 bits per heavy atom. The van der Waals surface area contributed by atoms with Crippen LogP contribution >= 0.6 is 11.3 Å². The van der Waals surface area contributed by atoms with Crippen LogP contribution < -0.4 is 10.6 Å². The third-order valence-corrected chi connectivity index (χ3v) is 4.79. The number of carbonyl (C=O) groups excluding carboxylic acids is 1. The number of ether oxygens (including phenoxy) is 1. The van der Waals surface area contributed by atoms with Crippen LogP contribution in [0.3, 0.4) is 0 Å². The first-order chi connectivity index (χ1) is 10.7. The Hall–Kier alpha value is -1.14. The van der Waals surface area contributed by atoms with E-state index in [1.54, 1.807) is 11.3 Å². The first-order valence-electron chi connectivity index (χ1n) is 8.32. The molecule has 2 unspecified atom stereocenters. The Bertz CT molecular complexity index is 547. The molecule has 0 radical (unpaired) electrons. The van der Waals surface area contributed by atoms with E-state index in [1.165, 1.54) is 17.7 Å². The number of alkyl carbamates (subject to hydrolysis) is 1. The maximum atomic E-state index is 12.0. The monoisotopic (exact) mass is 339 g/mol. The van der Waals surface area contributed by atoms with Crippen molar-refractivity contribution in [2.45, 2.75) is 72.1 Å². The highest BCUT2D eigenvalue weighted by molar-refractivity contribution is 7.11. The highest BCUT2D eigenvalue weighted by Gasteiger charge is 2.33. The number of nitrogens with zero attached hydrogens (tertiary/aromatic N) is 1.